The molecule has 0 spiro atoms. The average molecular weight is 540 g/mol. The molecule has 0 aliphatic carbocycles. The van der Waals surface area contributed by atoms with Gasteiger partial charge in [0.15, 0.2) is 0 Å². The van der Waals surface area contributed by atoms with Crippen LogP contribution in [0, 0.1) is 0 Å². The number of halogens is 2. The molecule has 5 heteroatoms. The minimum absolute atomic E-state index is 0.915. The third kappa shape index (κ3) is 7.04. The van der Waals surface area contributed by atoms with Crippen molar-refractivity contribution in [2.45, 2.75) is 22.7 Å². The van der Waals surface area contributed by atoms with Crippen LogP contribution in [-0.2, 0) is 0 Å². The van der Waals surface area contributed by atoms with Crippen molar-refractivity contribution in [3.05, 3.63) is 48.8 Å². The summed E-state index contributed by atoms with van der Waals surface area (Å²) in [4.78, 5) is 8.37. The van der Waals surface area contributed by atoms with Gasteiger partial charge in [0.25, 0.3) is 0 Å². The van der Waals surface area contributed by atoms with E-state index in [1.54, 1.807) is 12.4 Å². The molecule has 0 N–H and O–H groups in total. The van der Waals surface area contributed by atoms with Crippen molar-refractivity contribution in [1.82, 2.24) is 9.97 Å². The Morgan fingerprint density at radius 3 is 1.58 bits per heavy atom. The molecule has 0 atom stereocenters. The fourth-order valence-corrected chi connectivity index (χ4v) is 2.71. The maximum Gasteiger partial charge on any atom is 0.0886 e. The zero-order chi connectivity index (χ0) is 14.1. The van der Waals surface area contributed by atoms with E-state index in [-0.39, 0.29) is 0 Å². The summed E-state index contributed by atoms with van der Waals surface area (Å²) in [6.45, 7) is 4.56. The summed E-state index contributed by atoms with van der Waals surface area (Å²) in [6.07, 6.45) is 3.54. The predicted octanol–water partition coefficient (Wildman–Crippen LogP) is 5.44. The smallest absolute Gasteiger partial charge is 0.0886 e. The topological polar surface area (TPSA) is 25.8 Å². The van der Waals surface area contributed by atoms with Crippen molar-refractivity contribution in [3.63, 3.8) is 0 Å². The van der Waals surface area contributed by atoms with E-state index in [9.17, 15) is 0 Å². The van der Waals surface area contributed by atoms with Gasteiger partial charge in [-0.15, -0.1) is 0 Å². The van der Waals surface area contributed by atoms with Crippen molar-refractivity contribution in [2.24, 2.45) is 0 Å². The molecule has 0 amide bonds. The van der Waals surface area contributed by atoms with Gasteiger partial charge in [-0.3, -0.25) is 9.97 Å². The summed E-state index contributed by atoms with van der Waals surface area (Å²) in [5.41, 5.74) is 1.83. The Labute approximate surface area is 135 Å². The fourth-order valence-electron chi connectivity index (χ4n) is 1.28. The SMILES string of the molecule is C[CH2][Sn]([Br])([I])[CH2]C.c1ccc(-c2ccccn2)nc1. The molecule has 0 aliphatic heterocycles. The Morgan fingerprint density at radius 2 is 1.37 bits per heavy atom. The van der Waals surface area contributed by atoms with E-state index in [0.29, 0.717) is 0 Å². The molecule has 0 saturated carbocycles. The second-order valence-corrected chi connectivity index (χ2v) is 46.9. The summed E-state index contributed by atoms with van der Waals surface area (Å²) in [6, 6.07) is 11.6. The molecule has 2 aromatic heterocycles. The van der Waals surface area contributed by atoms with Crippen LogP contribution in [0.3, 0.4) is 0 Å². The first-order valence-electron chi connectivity index (χ1n) is 6.29. The first-order valence-corrected chi connectivity index (χ1v) is 25.0. The van der Waals surface area contributed by atoms with Gasteiger partial charge < -0.3 is 0 Å². The van der Waals surface area contributed by atoms with Crippen LogP contribution in [0.1, 0.15) is 13.8 Å². The molecule has 102 valence electrons. The minimum atomic E-state index is -1.50. The maximum atomic E-state index is 4.19. The molecule has 19 heavy (non-hydrogen) atoms. The third-order valence-electron chi connectivity index (χ3n) is 2.63. The van der Waals surface area contributed by atoms with Crippen LogP contribution >= 0.6 is 31.3 Å². The van der Waals surface area contributed by atoms with Gasteiger partial charge in [-0.25, -0.2) is 0 Å². The molecule has 0 aliphatic rings. The first-order chi connectivity index (χ1) is 9.09. The van der Waals surface area contributed by atoms with Gasteiger partial charge >= 0.3 is 66.2 Å². The van der Waals surface area contributed by atoms with Gasteiger partial charge in [-0.2, -0.15) is 0 Å². The molecular formula is C14H18BrIN2Sn. The van der Waals surface area contributed by atoms with Crippen LogP contribution in [-0.4, -0.2) is 22.2 Å². The van der Waals surface area contributed by atoms with Gasteiger partial charge in [0, 0.05) is 12.4 Å². The fraction of sp³-hybridized carbons (Fsp3) is 0.286. The van der Waals surface area contributed by atoms with E-state index >= 15 is 0 Å². The van der Waals surface area contributed by atoms with Crippen LogP contribution in [0.15, 0.2) is 48.8 Å². The van der Waals surface area contributed by atoms with E-state index in [0.717, 1.165) is 11.4 Å². The number of pyridine rings is 2. The van der Waals surface area contributed by atoms with Crippen molar-refractivity contribution >= 4 is 43.5 Å². The number of rotatable bonds is 3. The number of aromatic nitrogens is 2. The van der Waals surface area contributed by atoms with E-state index in [1.807, 2.05) is 36.4 Å². The van der Waals surface area contributed by atoms with Gasteiger partial charge in [0.05, 0.1) is 11.4 Å². The summed E-state index contributed by atoms with van der Waals surface area (Å²) in [5.74, 6) is 0. The normalized spacial score (nSPS) is 10.5. The van der Waals surface area contributed by atoms with Crippen LogP contribution < -0.4 is 0 Å². The number of nitrogens with zero attached hydrogens (tertiary/aromatic N) is 2. The molecule has 2 heterocycles. The zero-order valence-electron chi connectivity index (χ0n) is 11.2. The van der Waals surface area contributed by atoms with E-state index in [1.165, 1.54) is 8.87 Å². The van der Waals surface area contributed by atoms with Crippen LogP contribution in [0.5, 0.6) is 0 Å². The second-order valence-electron chi connectivity index (χ2n) is 3.99. The van der Waals surface area contributed by atoms with Gasteiger partial charge in [-0.1, -0.05) is 12.1 Å². The van der Waals surface area contributed by atoms with Crippen LogP contribution in [0.2, 0.25) is 8.87 Å². The van der Waals surface area contributed by atoms with Crippen LogP contribution in [0.4, 0.5) is 0 Å². The molecule has 0 saturated heterocycles. The second kappa shape index (κ2) is 9.28. The minimum Gasteiger partial charge on any atom is -0.255 e. The van der Waals surface area contributed by atoms with Crippen molar-refractivity contribution in [1.29, 1.82) is 0 Å². The molecule has 2 aromatic rings. The molecule has 0 radical (unpaired) electrons. The maximum absolute atomic E-state index is 4.19. The average Bonchev–Trinajstić information content (AvgIpc) is 2.50. The molecule has 0 bridgehead atoms. The third-order valence-corrected chi connectivity index (χ3v) is 26.3. The largest absolute Gasteiger partial charge is 0.255 e. The Kier molecular flexibility index (Phi) is 8.48. The van der Waals surface area contributed by atoms with Crippen molar-refractivity contribution in [3.8, 4) is 11.4 Å². The molecular weight excluding hydrogens is 522 g/mol. The Morgan fingerprint density at radius 1 is 0.947 bits per heavy atom. The molecule has 2 rings (SSSR count). The van der Waals surface area contributed by atoms with Gasteiger partial charge in [0.2, 0.25) is 0 Å². The van der Waals surface area contributed by atoms with Crippen molar-refractivity contribution in [2.75, 3.05) is 0 Å². The Hall–Kier alpha value is 0.309. The summed E-state index contributed by atoms with van der Waals surface area (Å²) in [7, 11) is 0. The molecule has 0 fully saturated rings. The first kappa shape index (κ1) is 17.4. The monoisotopic (exact) mass is 540 g/mol. The molecule has 0 unspecified atom stereocenters. The van der Waals surface area contributed by atoms with Crippen LogP contribution in [0.25, 0.3) is 11.4 Å². The standard InChI is InChI=1S/C10H8N2.2C2H5.BrH.HI.Sn/c1-3-7-11-9(5-1)10-6-2-4-8-12-10;2*1-2;;;/h1-8H;2*1H2,2H3;2*1H;/q;;;;;+2/p-2. The van der Waals surface area contributed by atoms with E-state index < -0.39 is 12.2 Å². The summed E-state index contributed by atoms with van der Waals surface area (Å²) < 4.78 is 2.82. The summed E-state index contributed by atoms with van der Waals surface area (Å²) >= 11 is 4.91. The quantitative estimate of drug-likeness (QED) is 0.383. The van der Waals surface area contributed by atoms with Gasteiger partial charge in [-0.05, 0) is 24.3 Å². The zero-order valence-corrected chi connectivity index (χ0v) is 17.8. The van der Waals surface area contributed by atoms with E-state index in [2.05, 4.69) is 55.2 Å². The van der Waals surface area contributed by atoms with Crippen molar-refractivity contribution < 1.29 is 0 Å². The number of hydrogen-bond donors (Lipinski definition) is 0. The Balaban J connectivity index is 0.000000224. The summed E-state index contributed by atoms with van der Waals surface area (Å²) in [5, 5.41) is 0. The van der Waals surface area contributed by atoms with E-state index in [4.69, 9.17) is 0 Å². The number of hydrogen-bond acceptors (Lipinski definition) is 2. The van der Waals surface area contributed by atoms with Gasteiger partial charge in [0.1, 0.15) is 0 Å². The molecule has 0 aromatic carbocycles. The Bertz CT molecular complexity index is 422. The molecule has 2 nitrogen and oxygen atoms in total. The predicted molar refractivity (Wildman–Crippen MR) is 97.1 cm³/mol.